The Bertz CT molecular complexity index is 946. The molecule has 4 rings (SSSR count). The van der Waals surface area contributed by atoms with Gasteiger partial charge in [0.1, 0.15) is 16.2 Å². The van der Waals surface area contributed by atoms with Crippen LogP contribution < -0.4 is 4.74 Å². The molecule has 0 radical (unpaired) electrons. The molecule has 0 aliphatic heterocycles. The first kappa shape index (κ1) is 12.2. The number of halogens is 1. The van der Waals surface area contributed by atoms with Crippen molar-refractivity contribution in [2.75, 3.05) is 7.11 Å². The molecule has 4 aromatic rings. The van der Waals surface area contributed by atoms with Gasteiger partial charge in [-0.3, -0.25) is 4.40 Å². The van der Waals surface area contributed by atoms with Crippen molar-refractivity contribution < 1.29 is 9.13 Å². The predicted octanol–water partition coefficient (Wildman–Crippen LogP) is 2.55. The van der Waals surface area contributed by atoms with Crippen molar-refractivity contribution in [2.45, 2.75) is 0 Å². The van der Waals surface area contributed by atoms with Crippen LogP contribution in [0, 0.1) is 5.95 Å². The number of hydrogen-bond acceptors (Lipinski definition) is 6. The first-order chi connectivity index (χ1) is 10.2. The van der Waals surface area contributed by atoms with Crippen LogP contribution in [-0.4, -0.2) is 31.4 Å². The highest BCUT2D eigenvalue weighted by Gasteiger charge is 2.12. The lowest BCUT2D eigenvalue weighted by atomic mass is 10.3. The zero-order chi connectivity index (χ0) is 14.4. The molecule has 0 N–H and O–H groups in total. The van der Waals surface area contributed by atoms with Gasteiger partial charge in [-0.05, 0) is 6.07 Å². The van der Waals surface area contributed by atoms with Gasteiger partial charge in [0.15, 0.2) is 4.96 Å². The number of methoxy groups -OCH3 is 1. The largest absolute Gasteiger partial charge is 0.481 e. The SMILES string of the molecule is COc1ccc2c(n1)sc1nc(-c3cnc(F)cn3)cn12. The van der Waals surface area contributed by atoms with E-state index in [4.69, 9.17) is 4.74 Å². The molecule has 0 spiro atoms. The quantitative estimate of drug-likeness (QED) is 0.569. The monoisotopic (exact) mass is 301 g/mol. The second-order valence-electron chi connectivity index (χ2n) is 4.28. The van der Waals surface area contributed by atoms with E-state index in [0.717, 1.165) is 21.5 Å². The number of thiazole rings is 1. The van der Waals surface area contributed by atoms with Crippen molar-refractivity contribution in [3.8, 4) is 17.3 Å². The van der Waals surface area contributed by atoms with E-state index < -0.39 is 5.95 Å². The lowest BCUT2D eigenvalue weighted by Crippen LogP contribution is -1.89. The van der Waals surface area contributed by atoms with Crippen LogP contribution in [0.3, 0.4) is 0 Å². The minimum Gasteiger partial charge on any atom is -0.481 e. The van der Waals surface area contributed by atoms with Gasteiger partial charge in [-0.1, -0.05) is 11.3 Å². The Balaban J connectivity index is 1.88. The van der Waals surface area contributed by atoms with E-state index in [1.165, 1.54) is 17.5 Å². The Labute approximate surface area is 121 Å². The van der Waals surface area contributed by atoms with E-state index in [2.05, 4.69) is 19.9 Å². The van der Waals surface area contributed by atoms with Crippen LogP contribution in [0.1, 0.15) is 0 Å². The van der Waals surface area contributed by atoms with Gasteiger partial charge in [-0.15, -0.1) is 0 Å². The summed E-state index contributed by atoms with van der Waals surface area (Å²) in [6.07, 6.45) is 4.28. The summed E-state index contributed by atoms with van der Waals surface area (Å²) in [4.78, 5) is 18.1. The van der Waals surface area contributed by atoms with Gasteiger partial charge in [0.05, 0.1) is 25.0 Å². The fourth-order valence-electron chi connectivity index (χ4n) is 2.05. The number of ether oxygens (including phenoxy) is 1. The molecule has 8 heteroatoms. The van der Waals surface area contributed by atoms with Gasteiger partial charge < -0.3 is 4.74 Å². The highest BCUT2D eigenvalue weighted by atomic mass is 32.1. The van der Waals surface area contributed by atoms with Crippen molar-refractivity contribution in [3.63, 3.8) is 0 Å². The summed E-state index contributed by atoms with van der Waals surface area (Å²) in [7, 11) is 1.58. The minimum absolute atomic E-state index is 0.530. The van der Waals surface area contributed by atoms with Crippen LogP contribution in [0.15, 0.2) is 30.7 Å². The number of hydrogen-bond donors (Lipinski definition) is 0. The molecule has 0 aromatic carbocycles. The Morgan fingerprint density at radius 1 is 1.14 bits per heavy atom. The number of rotatable bonds is 2. The van der Waals surface area contributed by atoms with Crippen molar-refractivity contribution in [1.82, 2.24) is 24.3 Å². The number of aromatic nitrogens is 5. The van der Waals surface area contributed by atoms with Crippen LogP contribution in [0.5, 0.6) is 5.88 Å². The van der Waals surface area contributed by atoms with E-state index in [1.807, 2.05) is 16.7 Å². The smallest absolute Gasteiger partial charge is 0.231 e. The summed E-state index contributed by atoms with van der Waals surface area (Å²) in [6.45, 7) is 0. The molecule has 0 unspecified atom stereocenters. The van der Waals surface area contributed by atoms with Gasteiger partial charge in [-0.2, -0.15) is 4.39 Å². The van der Waals surface area contributed by atoms with E-state index >= 15 is 0 Å². The first-order valence-corrected chi connectivity index (χ1v) is 6.87. The molecule has 0 bridgehead atoms. The van der Waals surface area contributed by atoms with Crippen LogP contribution in [0.4, 0.5) is 4.39 Å². The van der Waals surface area contributed by atoms with E-state index in [-0.39, 0.29) is 0 Å². The lowest BCUT2D eigenvalue weighted by Gasteiger charge is -1.97. The lowest BCUT2D eigenvalue weighted by molar-refractivity contribution is 0.400. The maximum absolute atomic E-state index is 12.8. The first-order valence-electron chi connectivity index (χ1n) is 6.05. The second kappa shape index (κ2) is 4.45. The normalized spacial score (nSPS) is 11.3. The number of nitrogens with zero attached hydrogens (tertiary/aromatic N) is 5. The average Bonchev–Trinajstić information content (AvgIpc) is 3.04. The third-order valence-electron chi connectivity index (χ3n) is 3.03. The highest BCUT2D eigenvalue weighted by molar-refractivity contribution is 7.23. The molecule has 0 aliphatic rings. The Morgan fingerprint density at radius 2 is 2.05 bits per heavy atom. The fourth-order valence-corrected chi connectivity index (χ4v) is 3.02. The Hall–Kier alpha value is -2.61. The number of pyridine rings is 1. The Kier molecular flexibility index (Phi) is 2.58. The molecule has 104 valence electrons. The third-order valence-corrected chi connectivity index (χ3v) is 3.99. The van der Waals surface area contributed by atoms with Crippen molar-refractivity contribution in [2.24, 2.45) is 0 Å². The summed E-state index contributed by atoms with van der Waals surface area (Å²) >= 11 is 1.45. The summed E-state index contributed by atoms with van der Waals surface area (Å²) in [5, 5.41) is 0. The predicted molar refractivity (Wildman–Crippen MR) is 75.9 cm³/mol. The molecule has 0 atom stereocenters. The maximum Gasteiger partial charge on any atom is 0.231 e. The molecular formula is C13H8FN5OS. The summed E-state index contributed by atoms with van der Waals surface area (Å²) < 4.78 is 19.8. The molecule has 0 saturated heterocycles. The standard InChI is InChI=1S/C13H8FN5OS/c1-20-11-3-2-9-12(18-11)21-13-17-8(6-19(9)13)7-4-16-10(14)5-15-7/h2-6H,1H3. The average molecular weight is 301 g/mol. The van der Waals surface area contributed by atoms with Crippen LogP contribution >= 0.6 is 11.3 Å². The maximum atomic E-state index is 12.8. The summed E-state index contributed by atoms with van der Waals surface area (Å²) in [5.74, 6) is -0.0434. The molecular weight excluding hydrogens is 293 g/mol. The zero-order valence-corrected chi connectivity index (χ0v) is 11.6. The van der Waals surface area contributed by atoms with Crippen LogP contribution in [0.25, 0.3) is 26.7 Å². The van der Waals surface area contributed by atoms with Gasteiger partial charge >= 0.3 is 0 Å². The number of fused-ring (bicyclic) bond motifs is 3. The molecule has 0 fully saturated rings. The van der Waals surface area contributed by atoms with Crippen molar-refractivity contribution in [3.05, 3.63) is 36.7 Å². The molecule has 4 aromatic heterocycles. The molecule has 4 heterocycles. The van der Waals surface area contributed by atoms with E-state index in [1.54, 1.807) is 13.2 Å². The third kappa shape index (κ3) is 1.91. The summed E-state index contributed by atoms with van der Waals surface area (Å²) in [6, 6.07) is 3.72. The molecule has 6 nitrogen and oxygen atoms in total. The summed E-state index contributed by atoms with van der Waals surface area (Å²) in [5.41, 5.74) is 2.11. The number of imidazole rings is 1. The van der Waals surface area contributed by atoms with E-state index in [9.17, 15) is 4.39 Å². The van der Waals surface area contributed by atoms with E-state index in [0.29, 0.717) is 17.3 Å². The Morgan fingerprint density at radius 3 is 2.81 bits per heavy atom. The fraction of sp³-hybridized carbons (Fsp3) is 0.0769. The second-order valence-corrected chi connectivity index (χ2v) is 5.24. The molecule has 0 aliphatic carbocycles. The van der Waals surface area contributed by atoms with Gasteiger partial charge in [0, 0.05) is 12.3 Å². The van der Waals surface area contributed by atoms with Crippen LogP contribution in [0.2, 0.25) is 0 Å². The van der Waals surface area contributed by atoms with Crippen molar-refractivity contribution >= 4 is 26.6 Å². The van der Waals surface area contributed by atoms with Gasteiger partial charge in [-0.25, -0.2) is 19.9 Å². The van der Waals surface area contributed by atoms with Crippen LogP contribution in [-0.2, 0) is 0 Å². The highest BCUT2D eigenvalue weighted by Crippen LogP contribution is 2.28. The minimum atomic E-state index is -0.610. The van der Waals surface area contributed by atoms with Gasteiger partial charge in [0.2, 0.25) is 11.8 Å². The molecule has 0 saturated carbocycles. The topological polar surface area (TPSA) is 65.2 Å². The van der Waals surface area contributed by atoms with Gasteiger partial charge in [0.25, 0.3) is 0 Å². The van der Waals surface area contributed by atoms with Crippen molar-refractivity contribution in [1.29, 1.82) is 0 Å². The molecule has 0 amide bonds. The molecule has 21 heavy (non-hydrogen) atoms. The zero-order valence-electron chi connectivity index (χ0n) is 10.8.